The van der Waals surface area contributed by atoms with Crippen LogP contribution >= 0.6 is 0 Å². The third-order valence-electron chi connectivity index (χ3n) is 5.00. The maximum atomic E-state index is 12.0. The van der Waals surface area contributed by atoms with E-state index in [9.17, 15) is 14.9 Å². The van der Waals surface area contributed by atoms with Gasteiger partial charge in [-0.25, -0.2) is 4.98 Å². The van der Waals surface area contributed by atoms with E-state index in [2.05, 4.69) is 34.0 Å². The number of ether oxygens (including phenoxy) is 1. The number of non-ortho nitro benzene ring substituents is 1. The summed E-state index contributed by atoms with van der Waals surface area (Å²) in [5.41, 5.74) is 7.57. The van der Waals surface area contributed by atoms with Crippen molar-refractivity contribution < 1.29 is 14.5 Å². The van der Waals surface area contributed by atoms with E-state index in [4.69, 9.17) is 10.5 Å². The highest BCUT2D eigenvalue weighted by atomic mass is 16.6. The first-order valence-electron chi connectivity index (χ1n) is 10.6. The molecule has 0 aliphatic rings. The van der Waals surface area contributed by atoms with E-state index >= 15 is 0 Å². The molecule has 0 radical (unpaired) electrons. The molecule has 3 aromatic rings. The summed E-state index contributed by atoms with van der Waals surface area (Å²) < 4.78 is 5.81. The smallest absolute Gasteiger partial charge is 0.273 e. The largest absolute Gasteiger partial charge is 0.437 e. The highest BCUT2D eigenvalue weighted by Crippen LogP contribution is 2.29. The van der Waals surface area contributed by atoms with Gasteiger partial charge in [0, 0.05) is 30.5 Å². The van der Waals surface area contributed by atoms with Crippen LogP contribution in [0.4, 0.5) is 22.9 Å². The Bertz CT molecular complexity index is 1150. The summed E-state index contributed by atoms with van der Waals surface area (Å²) in [6.45, 7) is 7.77. The SMILES string of the molecule is CCc1nc(C(N)=O)c(Nc2ccc(N(CC)CC)cc2)nc1Oc1cccc([N+](=O)[O-])c1. The van der Waals surface area contributed by atoms with Crippen molar-refractivity contribution in [2.75, 3.05) is 23.3 Å². The van der Waals surface area contributed by atoms with Gasteiger partial charge in [0.2, 0.25) is 5.88 Å². The van der Waals surface area contributed by atoms with Crippen LogP contribution in [0.25, 0.3) is 0 Å². The number of rotatable bonds is 10. The van der Waals surface area contributed by atoms with E-state index in [0.29, 0.717) is 17.8 Å². The zero-order valence-corrected chi connectivity index (χ0v) is 18.7. The maximum Gasteiger partial charge on any atom is 0.273 e. The molecule has 0 saturated heterocycles. The van der Waals surface area contributed by atoms with Crippen molar-refractivity contribution in [1.29, 1.82) is 0 Å². The fourth-order valence-corrected chi connectivity index (χ4v) is 3.28. The molecule has 0 fully saturated rings. The van der Waals surface area contributed by atoms with Crippen LogP contribution in [-0.2, 0) is 6.42 Å². The van der Waals surface area contributed by atoms with Gasteiger partial charge < -0.3 is 20.7 Å². The van der Waals surface area contributed by atoms with Crippen molar-refractivity contribution in [2.45, 2.75) is 27.2 Å². The van der Waals surface area contributed by atoms with E-state index < -0.39 is 10.8 Å². The average molecular weight is 450 g/mol. The van der Waals surface area contributed by atoms with Gasteiger partial charge in [-0.3, -0.25) is 14.9 Å². The monoisotopic (exact) mass is 450 g/mol. The van der Waals surface area contributed by atoms with Crippen LogP contribution in [0.2, 0.25) is 0 Å². The molecule has 0 aliphatic heterocycles. The molecule has 172 valence electrons. The summed E-state index contributed by atoms with van der Waals surface area (Å²) in [6, 6.07) is 13.4. The molecule has 1 amide bonds. The van der Waals surface area contributed by atoms with Crippen molar-refractivity contribution in [3.63, 3.8) is 0 Å². The van der Waals surface area contributed by atoms with Crippen molar-refractivity contribution in [3.05, 3.63) is 70.0 Å². The number of nitrogens with one attached hydrogen (secondary N) is 1. The Morgan fingerprint density at radius 2 is 1.82 bits per heavy atom. The number of benzene rings is 2. The molecule has 0 saturated carbocycles. The molecule has 0 unspecified atom stereocenters. The summed E-state index contributed by atoms with van der Waals surface area (Å²) in [7, 11) is 0. The molecule has 3 N–H and O–H groups in total. The van der Waals surface area contributed by atoms with Crippen molar-refractivity contribution in [1.82, 2.24) is 9.97 Å². The first-order valence-corrected chi connectivity index (χ1v) is 10.6. The third kappa shape index (κ3) is 5.53. The van der Waals surface area contributed by atoms with Gasteiger partial charge in [0.1, 0.15) is 11.4 Å². The van der Waals surface area contributed by atoms with Crippen LogP contribution < -0.4 is 20.7 Å². The number of nitro groups is 1. The molecule has 1 heterocycles. The lowest BCUT2D eigenvalue weighted by molar-refractivity contribution is -0.384. The summed E-state index contributed by atoms with van der Waals surface area (Å²) in [5.74, 6) is -0.239. The van der Waals surface area contributed by atoms with E-state index in [1.807, 2.05) is 31.2 Å². The number of nitrogens with zero attached hydrogens (tertiary/aromatic N) is 4. The van der Waals surface area contributed by atoms with Crippen molar-refractivity contribution in [3.8, 4) is 11.6 Å². The van der Waals surface area contributed by atoms with Crippen LogP contribution in [0.15, 0.2) is 48.5 Å². The number of carbonyl (C=O) groups is 1. The number of carbonyl (C=O) groups excluding carboxylic acids is 1. The summed E-state index contributed by atoms with van der Waals surface area (Å²) in [5, 5.41) is 14.1. The number of hydrogen-bond acceptors (Lipinski definition) is 8. The van der Waals surface area contributed by atoms with Crippen LogP contribution in [0.1, 0.15) is 37.0 Å². The van der Waals surface area contributed by atoms with Crippen LogP contribution in [0.3, 0.4) is 0 Å². The normalized spacial score (nSPS) is 10.5. The lowest BCUT2D eigenvalue weighted by atomic mass is 10.2. The molecule has 10 nitrogen and oxygen atoms in total. The predicted molar refractivity (Wildman–Crippen MR) is 126 cm³/mol. The van der Waals surface area contributed by atoms with Crippen molar-refractivity contribution in [2.24, 2.45) is 5.73 Å². The van der Waals surface area contributed by atoms with Gasteiger partial charge in [0.15, 0.2) is 11.5 Å². The minimum atomic E-state index is -0.735. The van der Waals surface area contributed by atoms with Gasteiger partial charge in [-0.2, -0.15) is 4.98 Å². The maximum absolute atomic E-state index is 12.0. The van der Waals surface area contributed by atoms with Crippen molar-refractivity contribution >= 4 is 28.8 Å². The Balaban J connectivity index is 1.96. The Labute approximate surface area is 191 Å². The second-order valence-electron chi connectivity index (χ2n) is 7.09. The number of nitrogens with two attached hydrogens (primary N) is 1. The average Bonchev–Trinajstić information content (AvgIpc) is 2.81. The molecule has 0 bridgehead atoms. The minimum absolute atomic E-state index is 0.0222. The molecule has 1 aromatic heterocycles. The van der Waals surface area contributed by atoms with Gasteiger partial charge >= 0.3 is 0 Å². The van der Waals surface area contributed by atoms with E-state index in [1.54, 1.807) is 6.07 Å². The zero-order chi connectivity index (χ0) is 24.0. The Morgan fingerprint density at radius 3 is 2.39 bits per heavy atom. The summed E-state index contributed by atoms with van der Waals surface area (Å²) >= 11 is 0. The fraction of sp³-hybridized carbons (Fsp3) is 0.261. The van der Waals surface area contributed by atoms with E-state index in [1.165, 1.54) is 18.2 Å². The molecular formula is C23H26N6O4. The van der Waals surface area contributed by atoms with Crippen LogP contribution in [-0.4, -0.2) is 33.9 Å². The summed E-state index contributed by atoms with van der Waals surface area (Å²) in [4.78, 5) is 33.6. The van der Waals surface area contributed by atoms with E-state index in [0.717, 1.165) is 18.8 Å². The molecule has 0 atom stereocenters. The first kappa shape index (κ1) is 23.5. The van der Waals surface area contributed by atoms with Gasteiger partial charge in [-0.1, -0.05) is 13.0 Å². The molecule has 3 rings (SSSR count). The molecular weight excluding hydrogens is 424 g/mol. The first-order chi connectivity index (χ1) is 15.9. The van der Waals surface area contributed by atoms with Gasteiger partial charge in [0.05, 0.1) is 11.0 Å². The molecule has 0 spiro atoms. The highest BCUT2D eigenvalue weighted by Gasteiger charge is 2.19. The number of anilines is 3. The number of aromatic nitrogens is 2. The Kier molecular flexibility index (Phi) is 7.39. The number of amides is 1. The van der Waals surface area contributed by atoms with Gasteiger partial charge in [0.25, 0.3) is 11.6 Å². The quantitative estimate of drug-likeness (QED) is 0.342. The zero-order valence-electron chi connectivity index (χ0n) is 18.7. The molecule has 0 aliphatic carbocycles. The number of aryl methyl sites for hydroxylation is 1. The third-order valence-corrected chi connectivity index (χ3v) is 5.00. The molecule has 2 aromatic carbocycles. The Hall–Kier alpha value is -4.21. The lowest BCUT2D eigenvalue weighted by Gasteiger charge is -2.21. The van der Waals surface area contributed by atoms with Gasteiger partial charge in [-0.15, -0.1) is 0 Å². The van der Waals surface area contributed by atoms with Gasteiger partial charge in [-0.05, 0) is 50.6 Å². The van der Waals surface area contributed by atoms with Crippen LogP contribution in [0, 0.1) is 10.1 Å². The number of hydrogen-bond donors (Lipinski definition) is 2. The standard InChI is InChI=1S/C23H26N6O4/c1-4-19-23(33-18-9-7-8-17(14-18)29(31)32)27-22(20(26-19)21(24)30)25-15-10-12-16(13-11-15)28(5-2)6-3/h7-14H,4-6H2,1-3H3,(H2,24,30)(H,25,27). The van der Waals surface area contributed by atoms with E-state index in [-0.39, 0.29) is 28.8 Å². The topological polar surface area (TPSA) is 137 Å². The second-order valence-corrected chi connectivity index (χ2v) is 7.09. The Morgan fingerprint density at radius 1 is 1.12 bits per heavy atom. The lowest BCUT2D eigenvalue weighted by Crippen LogP contribution is -2.21. The predicted octanol–water partition coefficient (Wildman–Crippen LogP) is 4.43. The van der Waals surface area contributed by atoms with Crippen LogP contribution in [0.5, 0.6) is 11.6 Å². The highest BCUT2D eigenvalue weighted by molar-refractivity contribution is 5.96. The minimum Gasteiger partial charge on any atom is -0.437 e. The molecule has 10 heteroatoms. The second kappa shape index (κ2) is 10.4. The fourth-order valence-electron chi connectivity index (χ4n) is 3.28. The number of nitro benzene ring substituents is 1. The summed E-state index contributed by atoms with van der Waals surface area (Å²) in [6.07, 6.45) is 0.413. The molecule has 33 heavy (non-hydrogen) atoms. The number of primary amides is 1.